The number of nitrogens with zero attached hydrogens (tertiary/aromatic N) is 4. The molecule has 1 N–H and O–H groups in total. The van der Waals surface area contributed by atoms with Crippen LogP contribution in [0.15, 0.2) is 66.9 Å². The van der Waals surface area contributed by atoms with E-state index in [2.05, 4.69) is 10.3 Å². The zero-order valence-corrected chi connectivity index (χ0v) is 24.6. The van der Waals surface area contributed by atoms with Gasteiger partial charge in [0.15, 0.2) is 0 Å². The van der Waals surface area contributed by atoms with Gasteiger partial charge in [-0.05, 0) is 59.9 Å². The molecule has 1 aromatic heterocycles. The van der Waals surface area contributed by atoms with Crippen molar-refractivity contribution in [2.75, 3.05) is 19.6 Å². The number of halogens is 2. The largest absolute Gasteiger partial charge is 0.488 e. The van der Waals surface area contributed by atoms with Crippen LogP contribution < -0.4 is 10.1 Å². The Labute approximate surface area is 258 Å². The molecule has 3 amide bonds. The molecule has 9 nitrogen and oxygen atoms in total. The van der Waals surface area contributed by atoms with E-state index in [1.165, 1.54) is 21.7 Å². The number of amides is 3. The van der Waals surface area contributed by atoms with E-state index in [0.717, 1.165) is 28.8 Å². The maximum Gasteiger partial charge on any atom is 0.272 e. The lowest BCUT2D eigenvalue weighted by Gasteiger charge is -2.24. The molecule has 4 heterocycles. The summed E-state index contributed by atoms with van der Waals surface area (Å²) in [6, 6.07) is 15.8. The van der Waals surface area contributed by atoms with Crippen molar-refractivity contribution in [2.45, 2.75) is 38.0 Å². The topological polar surface area (TPSA) is 96.8 Å². The lowest BCUT2D eigenvalue weighted by Crippen LogP contribution is -2.46. The predicted octanol–water partition coefficient (Wildman–Crippen LogP) is 4.56. The molecule has 45 heavy (non-hydrogen) atoms. The van der Waals surface area contributed by atoms with Crippen LogP contribution in [0.25, 0.3) is 22.5 Å². The molecule has 1 saturated heterocycles. The number of hydrogen-bond donors (Lipinski definition) is 1. The van der Waals surface area contributed by atoms with Gasteiger partial charge in [0.2, 0.25) is 5.91 Å². The lowest BCUT2D eigenvalue weighted by atomic mass is 9.97. The molecule has 3 aromatic carbocycles. The summed E-state index contributed by atoms with van der Waals surface area (Å²) in [5, 5.41) is 2.97. The fraction of sp³-hybridized carbons (Fsp3) is 0.294. The Kier molecular flexibility index (Phi) is 7.31. The van der Waals surface area contributed by atoms with Gasteiger partial charge in [-0.2, -0.15) is 0 Å². The summed E-state index contributed by atoms with van der Waals surface area (Å²) < 4.78 is 35.9. The summed E-state index contributed by atoms with van der Waals surface area (Å²) in [6.07, 6.45) is 2.51. The van der Waals surface area contributed by atoms with Gasteiger partial charge in [0.05, 0.1) is 18.3 Å². The van der Waals surface area contributed by atoms with E-state index in [1.807, 2.05) is 47.4 Å². The summed E-state index contributed by atoms with van der Waals surface area (Å²) in [5.74, 6) is -1.49. The van der Waals surface area contributed by atoms with Crippen molar-refractivity contribution in [1.82, 2.24) is 24.7 Å². The third-order valence-electron chi connectivity index (χ3n) is 8.85. The minimum atomic E-state index is -0.803. The number of aromatic nitrogens is 2. The zero-order chi connectivity index (χ0) is 31.2. The highest BCUT2D eigenvalue weighted by atomic mass is 19.1. The number of rotatable bonds is 2. The van der Waals surface area contributed by atoms with E-state index in [-0.39, 0.29) is 41.9 Å². The molecule has 0 saturated carbocycles. The molecule has 7 rings (SSSR count). The summed E-state index contributed by atoms with van der Waals surface area (Å²) in [7, 11) is 1.58. The highest BCUT2D eigenvalue weighted by Crippen LogP contribution is 2.35. The van der Waals surface area contributed by atoms with Gasteiger partial charge in [0.25, 0.3) is 11.8 Å². The molecule has 0 spiro atoms. The van der Waals surface area contributed by atoms with Gasteiger partial charge in [-0.3, -0.25) is 14.4 Å². The molecule has 4 aromatic rings. The Hall–Kier alpha value is -5.06. The van der Waals surface area contributed by atoms with E-state index in [9.17, 15) is 23.2 Å². The molecule has 2 atom stereocenters. The second kappa shape index (κ2) is 11.5. The second-order valence-electron chi connectivity index (χ2n) is 11.7. The Bertz CT molecular complexity index is 1840. The first-order valence-corrected chi connectivity index (χ1v) is 15.0. The van der Waals surface area contributed by atoms with Crippen molar-refractivity contribution in [3.05, 3.63) is 95.3 Å². The maximum absolute atomic E-state index is 14.6. The monoisotopic (exact) mass is 611 g/mol. The number of carbonyl (C=O) groups is 3. The number of ether oxygens (including phenoxy) is 1. The van der Waals surface area contributed by atoms with Gasteiger partial charge in [0.1, 0.15) is 41.0 Å². The highest BCUT2D eigenvalue weighted by Gasteiger charge is 2.42. The molecule has 3 aliphatic rings. The standard InChI is InChI=1S/C34H31F2N5O4/c1-39-30(17-38-31(39)26-11-10-21(35)15-28(26)36)34(44)41-18-23-16-29(41)32(42)37-12-2-3-13-40-19-27-24(8-5-9-25(27)33(40)43)20-6-4-7-22(14-20)45-23/h4-11,14-15,17,23,29H,2-3,12-13,16,18-19H2,1H3,(H,37,42)/t23-,29-/m0/s1. The number of nitrogens with one attached hydrogen (secondary N) is 1. The van der Waals surface area contributed by atoms with Crippen LogP contribution in [-0.4, -0.2) is 68.9 Å². The number of hydrogen-bond acceptors (Lipinski definition) is 5. The van der Waals surface area contributed by atoms with Crippen LogP contribution in [0.4, 0.5) is 8.78 Å². The summed E-state index contributed by atoms with van der Waals surface area (Å²) in [6.45, 7) is 1.65. The van der Waals surface area contributed by atoms with E-state index >= 15 is 0 Å². The minimum Gasteiger partial charge on any atom is -0.488 e. The van der Waals surface area contributed by atoms with Gasteiger partial charge in [-0.1, -0.05) is 24.3 Å². The van der Waals surface area contributed by atoms with E-state index in [1.54, 1.807) is 7.05 Å². The van der Waals surface area contributed by atoms with Crippen molar-refractivity contribution in [1.29, 1.82) is 0 Å². The number of fused-ring (bicyclic) bond motifs is 6. The molecule has 1 fully saturated rings. The van der Waals surface area contributed by atoms with Gasteiger partial charge >= 0.3 is 0 Å². The van der Waals surface area contributed by atoms with Crippen LogP contribution in [0, 0.1) is 11.6 Å². The Balaban J connectivity index is 1.19. The van der Waals surface area contributed by atoms with Gasteiger partial charge < -0.3 is 24.4 Å². The molecular weight excluding hydrogens is 580 g/mol. The fourth-order valence-corrected chi connectivity index (χ4v) is 6.56. The molecule has 6 bridgehead atoms. The van der Waals surface area contributed by atoms with E-state index in [0.29, 0.717) is 43.8 Å². The third kappa shape index (κ3) is 5.22. The first-order valence-electron chi connectivity index (χ1n) is 15.0. The van der Waals surface area contributed by atoms with Crippen molar-refractivity contribution >= 4 is 17.7 Å². The average Bonchev–Trinajstić information content (AvgIpc) is 3.72. The normalized spacial score (nSPS) is 19.7. The zero-order valence-electron chi connectivity index (χ0n) is 24.6. The highest BCUT2D eigenvalue weighted by molar-refractivity contribution is 6.00. The Morgan fingerprint density at radius 1 is 1.00 bits per heavy atom. The van der Waals surface area contributed by atoms with Crippen molar-refractivity contribution in [3.8, 4) is 28.3 Å². The van der Waals surface area contributed by atoms with Gasteiger partial charge in [0, 0.05) is 44.7 Å². The van der Waals surface area contributed by atoms with Crippen LogP contribution in [0.1, 0.15) is 45.7 Å². The van der Waals surface area contributed by atoms with Crippen LogP contribution in [0.2, 0.25) is 0 Å². The smallest absolute Gasteiger partial charge is 0.272 e. The van der Waals surface area contributed by atoms with Crippen molar-refractivity contribution < 1.29 is 27.9 Å². The van der Waals surface area contributed by atoms with Gasteiger partial charge in [-0.25, -0.2) is 13.8 Å². The number of benzene rings is 3. The molecule has 0 unspecified atom stereocenters. The van der Waals surface area contributed by atoms with Crippen molar-refractivity contribution in [2.24, 2.45) is 7.05 Å². The third-order valence-corrected chi connectivity index (χ3v) is 8.85. The molecular formula is C34H31F2N5O4. The first kappa shape index (κ1) is 28.7. The quantitative estimate of drug-likeness (QED) is 0.359. The molecule has 3 aliphatic heterocycles. The van der Waals surface area contributed by atoms with Crippen LogP contribution >= 0.6 is 0 Å². The predicted molar refractivity (Wildman–Crippen MR) is 161 cm³/mol. The van der Waals surface area contributed by atoms with Crippen molar-refractivity contribution in [3.63, 3.8) is 0 Å². The summed E-state index contributed by atoms with van der Waals surface area (Å²) >= 11 is 0. The van der Waals surface area contributed by atoms with Crippen LogP contribution in [0.3, 0.4) is 0 Å². The SMILES string of the molecule is Cn1c(C(=O)N2C[C@@H]3C[C@H]2C(=O)NCCCCN2Cc4c(cccc4-c4cccc(c4)O3)C2=O)cnc1-c1ccc(F)cc1F. The molecule has 0 radical (unpaired) electrons. The summed E-state index contributed by atoms with van der Waals surface area (Å²) in [5.41, 5.74) is 3.81. The Morgan fingerprint density at radius 3 is 2.67 bits per heavy atom. The van der Waals surface area contributed by atoms with Gasteiger partial charge in [-0.15, -0.1) is 0 Å². The van der Waals surface area contributed by atoms with E-state index in [4.69, 9.17) is 4.74 Å². The molecule has 0 aliphatic carbocycles. The van der Waals surface area contributed by atoms with E-state index < -0.39 is 29.7 Å². The first-order chi connectivity index (χ1) is 21.8. The van der Waals surface area contributed by atoms with Crippen LogP contribution in [-0.2, 0) is 18.4 Å². The maximum atomic E-state index is 14.6. The Morgan fingerprint density at radius 2 is 1.82 bits per heavy atom. The molecule has 11 heteroatoms. The lowest BCUT2D eigenvalue weighted by molar-refractivity contribution is -0.124. The summed E-state index contributed by atoms with van der Waals surface area (Å²) in [4.78, 5) is 48.1. The number of likely N-dealkylation sites (tertiary alicyclic amines) is 1. The minimum absolute atomic E-state index is 0.0112. The average molecular weight is 612 g/mol. The fourth-order valence-electron chi connectivity index (χ4n) is 6.56. The second-order valence-corrected chi connectivity index (χ2v) is 11.7. The number of imidazole rings is 1. The van der Waals surface area contributed by atoms with Crippen LogP contribution in [0.5, 0.6) is 5.75 Å². The molecule has 230 valence electrons. The number of carbonyl (C=O) groups excluding carboxylic acids is 3.